The van der Waals surface area contributed by atoms with Crippen LogP contribution < -0.4 is 5.32 Å². The first-order valence-electron chi connectivity index (χ1n) is 6.72. The minimum Gasteiger partial charge on any atom is -0.478 e. The van der Waals surface area contributed by atoms with E-state index < -0.39 is 5.97 Å². The van der Waals surface area contributed by atoms with Crippen LogP contribution in [0.2, 0.25) is 0 Å². The van der Waals surface area contributed by atoms with Gasteiger partial charge in [-0.25, -0.2) is 4.79 Å². The zero-order valence-electron chi connectivity index (χ0n) is 10.9. The summed E-state index contributed by atoms with van der Waals surface area (Å²) in [7, 11) is 0. The van der Waals surface area contributed by atoms with Crippen molar-refractivity contribution in [3.63, 3.8) is 0 Å². The molecule has 3 heteroatoms. The van der Waals surface area contributed by atoms with E-state index in [2.05, 4.69) is 12.2 Å². The first-order chi connectivity index (χ1) is 8.66. The number of aromatic carboxylic acids is 1. The van der Waals surface area contributed by atoms with Gasteiger partial charge in [-0.2, -0.15) is 0 Å². The van der Waals surface area contributed by atoms with Gasteiger partial charge in [0.25, 0.3) is 0 Å². The molecule has 98 valence electrons. The summed E-state index contributed by atoms with van der Waals surface area (Å²) in [6.07, 6.45) is 5.35. The molecule has 2 N–H and O–H groups in total. The Hall–Kier alpha value is -1.35. The van der Waals surface area contributed by atoms with Crippen LogP contribution in [0.15, 0.2) is 24.3 Å². The third kappa shape index (κ3) is 3.33. The predicted octanol–water partition coefficient (Wildman–Crippen LogP) is 3.05. The molecule has 18 heavy (non-hydrogen) atoms. The molecule has 0 radical (unpaired) electrons. The molecule has 0 aromatic heterocycles. The molecular formula is C15H21NO2. The summed E-state index contributed by atoms with van der Waals surface area (Å²) in [6.45, 7) is 2.98. The molecule has 1 atom stereocenters. The van der Waals surface area contributed by atoms with E-state index in [0.717, 1.165) is 18.0 Å². The van der Waals surface area contributed by atoms with Crippen molar-refractivity contribution in [2.45, 2.75) is 45.2 Å². The molecule has 1 aliphatic rings. The number of carbonyl (C=O) groups is 1. The first-order valence-corrected chi connectivity index (χ1v) is 6.72. The maximum absolute atomic E-state index is 10.9. The van der Waals surface area contributed by atoms with E-state index in [1.807, 2.05) is 6.07 Å². The van der Waals surface area contributed by atoms with Crippen LogP contribution in [0.1, 0.15) is 48.5 Å². The summed E-state index contributed by atoms with van der Waals surface area (Å²) in [5.74, 6) is -0.0756. The Kier molecular flexibility index (Phi) is 4.37. The number of hydrogen-bond acceptors (Lipinski definition) is 2. The van der Waals surface area contributed by atoms with Gasteiger partial charge >= 0.3 is 5.97 Å². The molecule has 0 amide bonds. The zero-order chi connectivity index (χ0) is 13.0. The molecule has 0 bridgehead atoms. The average molecular weight is 247 g/mol. The Labute approximate surface area is 108 Å². The molecule has 0 aliphatic heterocycles. The fourth-order valence-corrected chi connectivity index (χ4v) is 2.72. The van der Waals surface area contributed by atoms with Crippen molar-refractivity contribution < 1.29 is 9.90 Å². The quantitative estimate of drug-likeness (QED) is 0.840. The van der Waals surface area contributed by atoms with Gasteiger partial charge in [0, 0.05) is 12.6 Å². The van der Waals surface area contributed by atoms with Crippen LogP contribution in [-0.2, 0) is 6.54 Å². The molecule has 1 fully saturated rings. The second kappa shape index (κ2) is 6.01. The Morgan fingerprint density at radius 1 is 1.44 bits per heavy atom. The molecule has 1 saturated carbocycles. The highest BCUT2D eigenvalue weighted by Crippen LogP contribution is 2.27. The fourth-order valence-electron chi connectivity index (χ4n) is 2.72. The molecule has 0 heterocycles. The van der Waals surface area contributed by atoms with Crippen molar-refractivity contribution in [2.75, 3.05) is 0 Å². The number of carboxylic acid groups (broad SMARTS) is 1. The van der Waals surface area contributed by atoms with Gasteiger partial charge in [0.2, 0.25) is 0 Å². The van der Waals surface area contributed by atoms with Crippen molar-refractivity contribution in [1.29, 1.82) is 0 Å². The largest absolute Gasteiger partial charge is 0.478 e. The van der Waals surface area contributed by atoms with Gasteiger partial charge < -0.3 is 10.4 Å². The van der Waals surface area contributed by atoms with Crippen LogP contribution in [0.3, 0.4) is 0 Å². The van der Waals surface area contributed by atoms with Crippen LogP contribution in [0.4, 0.5) is 0 Å². The van der Waals surface area contributed by atoms with Gasteiger partial charge in [-0.05, 0) is 43.4 Å². The number of rotatable bonds is 5. The summed E-state index contributed by atoms with van der Waals surface area (Å²) in [6, 6.07) is 7.67. The van der Waals surface area contributed by atoms with Crippen LogP contribution in [-0.4, -0.2) is 17.1 Å². The molecular weight excluding hydrogens is 226 g/mol. The van der Waals surface area contributed by atoms with Crippen molar-refractivity contribution in [3.05, 3.63) is 35.4 Å². The molecule has 0 saturated heterocycles. The van der Waals surface area contributed by atoms with E-state index in [0.29, 0.717) is 11.6 Å². The molecule has 1 aromatic carbocycles. The molecule has 0 spiro atoms. The van der Waals surface area contributed by atoms with Gasteiger partial charge in [-0.3, -0.25) is 0 Å². The Balaban J connectivity index is 1.89. The highest BCUT2D eigenvalue weighted by molar-refractivity contribution is 5.87. The van der Waals surface area contributed by atoms with Gasteiger partial charge in [0.15, 0.2) is 0 Å². The lowest BCUT2D eigenvalue weighted by molar-refractivity contribution is 0.0696. The smallest absolute Gasteiger partial charge is 0.335 e. The minimum absolute atomic E-state index is 0.364. The number of hydrogen-bond donors (Lipinski definition) is 2. The third-order valence-corrected chi connectivity index (χ3v) is 3.91. The van der Waals surface area contributed by atoms with E-state index in [1.165, 1.54) is 25.7 Å². The normalized spacial score (nSPS) is 17.8. The molecule has 2 rings (SSSR count). The van der Waals surface area contributed by atoms with Crippen molar-refractivity contribution in [1.82, 2.24) is 5.32 Å². The first kappa shape index (κ1) is 13.1. The molecule has 1 aliphatic carbocycles. The highest BCUT2D eigenvalue weighted by Gasteiger charge is 2.20. The standard InChI is InChI=1S/C15H21NO2/c1-11(13-6-2-3-7-13)16-10-12-5-4-8-14(9-12)15(17)18/h4-5,8-9,11,13,16H,2-3,6-7,10H2,1H3,(H,17,18)/t11-/m0/s1. The number of nitrogens with one attached hydrogen (secondary N) is 1. The Bertz CT molecular complexity index is 411. The average Bonchev–Trinajstić information content (AvgIpc) is 2.90. The van der Waals surface area contributed by atoms with Gasteiger partial charge in [0.1, 0.15) is 0 Å². The lowest BCUT2D eigenvalue weighted by Gasteiger charge is -2.20. The molecule has 1 aromatic rings. The minimum atomic E-state index is -0.860. The van der Waals surface area contributed by atoms with Crippen molar-refractivity contribution in [3.8, 4) is 0 Å². The molecule has 0 unspecified atom stereocenters. The van der Waals surface area contributed by atoms with Crippen LogP contribution in [0.5, 0.6) is 0 Å². The van der Waals surface area contributed by atoms with Crippen LogP contribution in [0.25, 0.3) is 0 Å². The SMILES string of the molecule is C[C@H](NCc1cccc(C(=O)O)c1)C1CCCC1. The summed E-state index contributed by atoms with van der Waals surface area (Å²) >= 11 is 0. The van der Waals surface area contributed by atoms with E-state index in [1.54, 1.807) is 18.2 Å². The lowest BCUT2D eigenvalue weighted by atomic mass is 9.99. The maximum atomic E-state index is 10.9. The summed E-state index contributed by atoms with van der Waals surface area (Å²) < 4.78 is 0. The maximum Gasteiger partial charge on any atom is 0.335 e. The van der Waals surface area contributed by atoms with E-state index >= 15 is 0 Å². The Morgan fingerprint density at radius 2 is 2.17 bits per heavy atom. The monoisotopic (exact) mass is 247 g/mol. The highest BCUT2D eigenvalue weighted by atomic mass is 16.4. The second-order valence-corrected chi connectivity index (χ2v) is 5.22. The summed E-state index contributed by atoms with van der Waals surface area (Å²) in [5, 5.41) is 12.5. The fraction of sp³-hybridized carbons (Fsp3) is 0.533. The number of carboxylic acids is 1. The summed E-state index contributed by atoms with van der Waals surface area (Å²) in [5.41, 5.74) is 1.41. The van der Waals surface area contributed by atoms with Crippen LogP contribution in [0, 0.1) is 5.92 Å². The van der Waals surface area contributed by atoms with Gasteiger partial charge in [-0.1, -0.05) is 25.0 Å². The zero-order valence-corrected chi connectivity index (χ0v) is 10.9. The van der Waals surface area contributed by atoms with Gasteiger partial charge in [0.05, 0.1) is 5.56 Å². The topological polar surface area (TPSA) is 49.3 Å². The van der Waals surface area contributed by atoms with Crippen molar-refractivity contribution >= 4 is 5.97 Å². The third-order valence-electron chi connectivity index (χ3n) is 3.91. The van der Waals surface area contributed by atoms with E-state index in [-0.39, 0.29) is 0 Å². The predicted molar refractivity (Wildman–Crippen MR) is 71.7 cm³/mol. The second-order valence-electron chi connectivity index (χ2n) is 5.22. The molecule has 3 nitrogen and oxygen atoms in total. The van der Waals surface area contributed by atoms with E-state index in [9.17, 15) is 4.79 Å². The van der Waals surface area contributed by atoms with Crippen molar-refractivity contribution in [2.24, 2.45) is 5.92 Å². The van der Waals surface area contributed by atoms with E-state index in [4.69, 9.17) is 5.11 Å². The lowest BCUT2D eigenvalue weighted by Crippen LogP contribution is -2.31. The number of benzene rings is 1. The van der Waals surface area contributed by atoms with Crippen LogP contribution >= 0.6 is 0 Å². The Morgan fingerprint density at radius 3 is 2.83 bits per heavy atom. The van der Waals surface area contributed by atoms with Gasteiger partial charge in [-0.15, -0.1) is 0 Å². The summed E-state index contributed by atoms with van der Waals surface area (Å²) in [4.78, 5) is 10.9.